The van der Waals surface area contributed by atoms with Gasteiger partial charge >= 0.3 is 0 Å². The summed E-state index contributed by atoms with van der Waals surface area (Å²) in [6.07, 6.45) is 7.06. The van der Waals surface area contributed by atoms with Crippen molar-refractivity contribution in [2.45, 2.75) is 25.3 Å². The molecular weight excluding hydrogens is 362 g/mol. The quantitative estimate of drug-likeness (QED) is 0.693. The number of hydrogen-bond acceptors (Lipinski definition) is 3. The second-order valence-electron chi connectivity index (χ2n) is 6.95. The second kappa shape index (κ2) is 7.88. The number of carbonyl (C=O) groups excluding carboxylic acids is 1. The number of benzene rings is 1. The van der Waals surface area contributed by atoms with Crippen molar-refractivity contribution in [3.8, 4) is 0 Å². The van der Waals surface area contributed by atoms with Crippen LogP contribution in [0.1, 0.15) is 40.6 Å². The monoisotopic (exact) mass is 382 g/mol. The Kier molecular flexibility index (Phi) is 5.14. The molecule has 3 aromatic rings. The molecule has 1 aromatic carbocycles. The highest BCUT2D eigenvalue weighted by molar-refractivity contribution is 5.94. The Balaban J connectivity index is 1.53. The van der Waals surface area contributed by atoms with Gasteiger partial charge in [-0.05, 0) is 43.2 Å². The maximum Gasteiger partial charge on any atom is 0.256 e. The zero-order valence-electron chi connectivity index (χ0n) is 15.3. The van der Waals surface area contributed by atoms with Crippen molar-refractivity contribution in [1.29, 1.82) is 0 Å². The molecule has 0 aliphatic carbocycles. The molecule has 0 bridgehead atoms. The molecule has 1 atom stereocenters. The average molecular weight is 382 g/mol. The summed E-state index contributed by atoms with van der Waals surface area (Å²) in [5.74, 6) is -0.894. The van der Waals surface area contributed by atoms with Crippen molar-refractivity contribution in [3.63, 3.8) is 0 Å². The van der Waals surface area contributed by atoms with E-state index in [0.29, 0.717) is 19.6 Å². The third-order valence-electron chi connectivity index (χ3n) is 5.04. The van der Waals surface area contributed by atoms with Crippen LogP contribution < -0.4 is 0 Å². The van der Waals surface area contributed by atoms with Crippen LogP contribution in [0.25, 0.3) is 0 Å². The first-order valence-corrected chi connectivity index (χ1v) is 9.27. The highest BCUT2D eigenvalue weighted by Crippen LogP contribution is 2.27. The van der Waals surface area contributed by atoms with Crippen LogP contribution in [0.3, 0.4) is 0 Å². The normalized spacial score (nSPS) is 16.9. The summed E-state index contributed by atoms with van der Waals surface area (Å²) in [5.41, 5.74) is 0.699. The molecule has 3 heterocycles. The van der Waals surface area contributed by atoms with Gasteiger partial charge in [0.1, 0.15) is 17.5 Å². The fraction of sp³-hybridized carbons (Fsp3) is 0.286. The molecule has 5 nitrogen and oxygen atoms in total. The molecular formula is C21H20F2N4O. The van der Waals surface area contributed by atoms with Crippen LogP contribution in [0.2, 0.25) is 0 Å². The molecule has 1 amide bonds. The first-order valence-electron chi connectivity index (χ1n) is 9.27. The van der Waals surface area contributed by atoms with E-state index in [2.05, 4.69) is 9.97 Å². The maximum absolute atomic E-state index is 14.0. The van der Waals surface area contributed by atoms with Gasteiger partial charge < -0.3 is 9.47 Å². The van der Waals surface area contributed by atoms with Crippen molar-refractivity contribution in [3.05, 3.63) is 83.7 Å². The van der Waals surface area contributed by atoms with E-state index < -0.39 is 17.5 Å². The lowest BCUT2D eigenvalue weighted by Gasteiger charge is -2.32. The number of aromatic nitrogens is 3. The highest BCUT2D eigenvalue weighted by atomic mass is 19.1. The van der Waals surface area contributed by atoms with E-state index in [-0.39, 0.29) is 11.5 Å². The molecule has 1 aliphatic rings. The predicted molar refractivity (Wildman–Crippen MR) is 99.8 cm³/mol. The summed E-state index contributed by atoms with van der Waals surface area (Å²) < 4.78 is 29.5. The van der Waals surface area contributed by atoms with Gasteiger partial charge in [0.05, 0.1) is 17.8 Å². The minimum Gasteiger partial charge on any atom is -0.338 e. The van der Waals surface area contributed by atoms with Gasteiger partial charge in [0.25, 0.3) is 5.91 Å². The summed E-state index contributed by atoms with van der Waals surface area (Å²) in [4.78, 5) is 23.2. The molecule has 0 N–H and O–H groups in total. The first kappa shape index (κ1) is 18.3. The molecule has 2 aromatic heterocycles. The van der Waals surface area contributed by atoms with Crippen molar-refractivity contribution in [2.75, 3.05) is 13.1 Å². The lowest BCUT2D eigenvalue weighted by molar-refractivity contribution is 0.0698. The summed E-state index contributed by atoms with van der Waals surface area (Å²) in [6, 6.07) is 8.72. The maximum atomic E-state index is 14.0. The van der Waals surface area contributed by atoms with Gasteiger partial charge in [0.15, 0.2) is 0 Å². The number of amides is 1. The van der Waals surface area contributed by atoms with Crippen LogP contribution in [-0.4, -0.2) is 38.4 Å². The van der Waals surface area contributed by atoms with E-state index in [9.17, 15) is 13.6 Å². The number of carbonyl (C=O) groups is 1. The average Bonchev–Trinajstić information content (AvgIpc) is 3.18. The fourth-order valence-electron chi connectivity index (χ4n) is 3.68. The molecule has 4 rings (SSSR count). The van der Waals surface area contributed by atoms with E-state index in [1.54, 1.807) is 17.3 Å². The fourth-order valence-corrected chi connectivity index (χ4v) is 3.68. The number of imidazole rings is 1. The second-order valence-corrected chi connectivity index (χ2v) is 6.95. The zero-order valence-corrected chi connectivity index (χ0v) is 15.3. The Bertz CT molecular complexity index is 974. The van der Waals surface area contributed by atoms with E-state index in [0.717, 1.165) is 42.6 Å². The van der Waals surface area contributed by atoms with E-state index in [1.165, 1.54) is 0 Å². The van der Waals surface area contributed by atoms with Gasteiger partial charge in [0.2, 0.25) is 0 Å². The Morgan fingerprint density at radius 3 is 2.86 bits per heavy atom. The number of rotatable bonds is 4. The molecule has 0 radical (unpaired) electrons. The van der Waals surface area contributed by atoms with Crippen LogP contribution in [0.4, 0.5) is 8.78 Å². The topological polar surface area (TPSA) is 51.0 Å². The Morgan fingerprint density at radius 1 is 1.14 bits per heavy atom. The SMILES string of the molecule is O=C(c1cc(F)ccc1F)N1CCC[C@H](c2nccn2Cc2ccccn2)C1. The van der Waals surface area contributed by atoms with Crippen LogP contribution in [-0.2, 0) is 6.54 Å². The number of pyridine rings is 1. The summed E-state index contributed by atoms with van der Waals surface area (Å²) in [7, 11) is 0. The molecule has 1 saturated heterocycles. The Labute approximate surface area is 161 Å². The number of likely N-dealkylation sites (tertiary alicyclic amines) is 1. The molecule has 1 aliphatic heterocycles. The molecule has 0 unspecified atom stereocenters. The molecule has 1 fully saturated rings. The third-order valence-corrected chi connectivity index (χ3v) is 5.04. The third kappa shape index (κ3) is 3.78. The minimum absolute atomic E-state index is 0.0352. The lowest BCUT2D eigenvalue weighted by Crippen LogP contribution is -2.40. The number of hydrogen-bond donors (Lipinski definition) is 0. The van der Waals surface area contributed by atoms with E-state index in [4.69, 9.17) is 0 Å². The summed E-state index contributed by atoms with van der Waals surface area (Å²) in [5, 5.41) is 0. The standard InChI is InChI=1S/C21H20F2N4O/c22-16-6-7-19(23)18(12-16)21(28)27-10-3-4-15(13-27)20-25-9-11-26(20)14-17-5-1-2-8-24-17/h1-2,5-9,11-12,15H,3-4,10,13-14H2/t15-/m0/s1. The molecule has 0 spiro atoms. The van der Waals surface area contributed by atoms with Gasteiger partial charge in [0, 0.05) is 37.6 Å². The predicted octanol–water partition coefficient (Wildman–Crippen LogP) is 3.62. The van der Waals surface area contributed by atoms with Crippen LogP contribution in [0.15, 0.2) is 55.0 Å². The molecule has 7 heteroatoms. The van der Waals surface area contributed by atoms with E-state index in [1.807, 2.05) is 29.0 Å². The molecule has 28 heavy (non-hydrogen) atoms. The van der Waals surface area contributed by atoms with E-state index >= 15 is 0 Å². The number of halogens is 2. The Morgan fingerprint density at radius 2 is 2.04 bits per heavy atom. The van der Waals surface area contributed by atoms with Gasteiger partial charge in [-0.15, -0.1) is 0 Å². The lowest BCUT2D eigenvalue weighted by atomic mass is 9.96. The van der Waals surface area contributed by atoms with Crippen molar-refractivity contribution >= 4 is 5.91 Å². The summed E-state index contributed by atoms with van der Waals surface area (Å²) in [6.45, 7) is 1.54. The first-order chi connectivity index (χ1) is 13.6. The van der Waals surface area contributed by atoms with Gasteiger partial charge in [-0.25, -0.2) is 13.8 Å². The van der Waals surface area contributed by atoms with Gasteiger partial charge in [-0.3, -0.25) is 9.78 Å². The van der Waals surface area contributed by atoms with Gasteiger partial charge in [-0.2, -0.15) is 0 Å². The number of nitrogens with zero attached hydrogens (tertiary/aromatic N) is 4. The summed E-state index contributed by atoms with van der Waals surface area (Å²) >= 11 is 0. The van der Waals surface area contributed by atoms with Crippen LogP contribution >= 0.6 is 0 Å². The molecule has 144 valence electrons. The number of piperidine rings is 1. The Hall–Kier alpha value is -3.09. The largest absolute Gasteiger partial charge is 0.338 e. The van der Waals surface area contributed by atoms with Crippen LogP contribution in [0.5, 0.6) is 0 Å². The van der Waals surface area contributed by atoms with Crippen molar-refractivity contribution in [1.82, 2.24) is 19.4 Å². The van der Waals surface area contributed by atoms with Crippen LogP contribution in [0, 0.1) is 11.6 Å². The molecule has 0 saturated carbocycles. The van der Waals surface area contributed by atoms with Crippen molar-refractivity contribution < 1.29 is 13.6 Å². The minimum atomic E-state index is -0.704. The van der Waals surface area contributed by atoms with Crippen molar-refractivity contribution in [2.24, 2.45) is 0 Å². The highest BCUT2D eigenvalue weighted by Gasteiger charge is 2.29. The van der Waals surface area contributed by atoms with Gasteiger partial charge in [-0.1, -0.05) is 6.07 Å². The smallest absolute Gasteiger partial charge is 0.256 e. The zero-order chi connectivity index (χ0) is 19.5.